The van der Waals surface area contributed by atoms with Crippen molar-refractivity contribution in [3.05, 3.63) is 95.2 Å². The number of hydrogen-bond donors (Lipinski definition) is 3. The monoisotopic (exact) mass is 653 g/mol. The zero-order valence-corrected chi connectivity index (χ0v) is 27.7. The third-order valence-corrected chi connectivity index (χ3v) is 9.26. The SMILES string of the molecule is Cc1cc(C(=O)NC2CCC(NC(=O)c3cc(F)cnc3Oc3cccc(-c4cccc(CCCN5CCNCC5)c4)c3)CC2)nn1C. The molecule has 1 saturated heterocycles. The maximum absolute atomic E-state index is 14.3. The topological polar surface area (TPSA) is 113 Å². The average Bonchev–Trinajstić information content (AvgIpc) is 3.44. The molecule has 1 aliphatic heterocycles. The molecule has 0 spiro atoms. The third kappa shape index (κ3) is 8.64. The van der Waals surface area contributed by atoms with Crippen LogP contribution in [0.3, 0.4) is 0 Å². The van der Waals surface area contributed by atoms with Gasteiger partial charge in [-0.15, -0.1) is 0 Å². The van der Waals surface area contributed by atoms with Crippen LogP contribution in [0.25, 0.3) is 11.1 Å². The van der Waals surface area contributed by atoms with Crippen LogP contribution in [-0.4, -0.2) is 76.3 Å². The lowest BCUT2D eigenvalue weighted by molar-refractivity contribution is 0.0887. The lowest BCUT2D eigenvalue weighted by Crippen LogP contribution is -2.44. The number of aromatic nitrogens is 3. The van der Waals surface area contributed by atoms with Crippen molar-refractivity contribution in [2.45, 2.75) is 57.5 Å². The van der Waals surface area contributed by atoms with Gasteiger partial charge in [-0.1, -0.05) is 36.4 Å². The van der Waals surface area contributed by atoms with Crippen LogP contribution in [0, 0.1) is 12.7 Å². The van der Waals surface area contributed by atoms with E-state index in [1.807, 2.05) is 25.1 Å². The molecule has 0 radical (unpaired) electrons. The largest absolute Gasteiger partial charge is 0.438 e. The van der Waals surface area contributed by atoms with Gasteiger partial charge < -0.3 is 25.6 Å². The molecular formula is C37H44FN7O3. The van der Waals surface area contributed by atoms with Crippen molar-refractivity contribution < 1.29 is 18.7 Å². The van der Waals surface area contributed by atoms with Gasteiger partial charge in [0.2, 0.25) is 5.88 Å². The van der Waals surface area contributed by atoms with Gasteiger partial charge in [0.05, 0.1) is 6.20 Å². The Bertz CT molecular complexity index is 1710. The highest BCUT2D eigenvalue weighted by Gasteiger charge is 2.26. The summed E-state index contributed by atoms with van der Waals surface area (Å²) in [7, 11) is 1.80. The minimum atomic E-state index is -0.619. The molecule has 0 atom stereocenters. The summed E-state index contributed by atoms with van der Waals surface area (Å²) in [4.78, 5) is 32.7. The average molecular weight is 654 g/mol. The smallest absolute Gasteiger partial charge is 0.272 e. The third-order valence-electron chi connectivity index (χ3n) is 9.26. The van der Waals surface area contributed by atoms with Crippen LogP contribution in [0.4, 0.5) is 4.39 Å². The van der Waals surface area contributed by atoms with E-state index in [0.29, 0.717) is 37.1 Å². The summed E-state index contributed by atoms with van der Waals surface area (Å²) in [5, 5.41) is 13.7. The van der Waals surface area contributed by atoms with E-state index < -0.39 is 11.7 Å². The fourth-order valence-corrected chi connectivity index (χ4v) is 6.45. The molecule has 11 heteroatoms. The number of hydrogen-bond acceptors (Lipinski definition) is 7. The van der Waals surface area contributed by atoms with Crippen molar-refractivity contribution >= 4 is 11.8 Å². The highest BCUT2D eigenvalue weighted by molar-refractivity contribution is 5.96. The number of benzene rings is 2. The van der Waals surface area contributed by atoms with Crippen LogP contribution in [-0.2, 0) is 13.5 Å². The van der Waals surface area contributed by atoms with Gasteiger partial charge in [-0.2, -0.15) is 5.10 Å². The van der Waals surface area contributed by atoms with Crippen LogP contribution < -0.4 is 20.7 Å². The van der Waals surface area contributed by atoms with E-state index in [9.17, 15) is 14.0 Å². The van der Waals surface area contributed by atoms with Gasteiger partial charge in [0, 0.05) is 51.0 Å². The first-order valence-corrected chi connectivity index (χ1v) is 16.9. The number of nitrogens with zero attached hydrogens (tertiary/aromatic N) is 4. The number of amides is 2. The molecule has 3 N–H and O–H groups in total. The van der Waals surface area contributed by atoms with E-state index in [-0.39, 0.29) is 29.4 Å². The number of piperazine rings is 1. The van der Waals surface area contributed by atoms with Crippen molar-refractivity contribution in [3.63, 3.8) is 0 Å². The van der Waals surface area contributed by atoms with Crippen molar-refractivity contribution in [2.24, 2.45) is 7.05 Å². The molecule has 252 valence electrons. The molecule has 3 heterocycles. The lowest BCUT2D eigenvalue weighted by Gasteiger charge is -2.29. The standard InChI is InChI=1S/C37H44FN7O3/c1-25-20-34(43-44(25)2)36(47)42-31-13-11-30(12-14-31)41-35(46)33-23-29(38)24-40-37(33)48-32-10-4-9-28(22-32)27-8-3-6-26(21-27)7-5-17-45-18-15-39-16-19-45/h3-4,6,8-10,20-24,30-31,39H,5,7,11-19H2,1-2H3,(H,41,46)(H,42,47). The molecule has 2 fully saturated rings. The van der Waals surface area contributed by atoms with Gasteiger partial charge in [0.15, 0.2) is 0 Å². The van der Waals surface area contributed by atoms with Gasteiger partial charge in [0.25, 0.3) is 11.8 Å². The summed E-state index contributed by atoms with van der Waals surface area (Å²) >= 11 is 0. The lowest BCUT2D eigenvalue weighted by atomic mass is 9.91. The molecule has 10 nitrogen and oxygen atoms in total. The van der Waals surface area contributed by atoms with E-state index in [0.717, 1.165) is 74.6 Å². The fourth-order valence-electron chi connectivity index (χ4n) is 6.45. The normalized spacial score (nSPS) is 18.3. The van der Waals surface area contributed by atoms with Crippen molar-refractivity contribution in [1.82, 2.24) is 35.6 Å². The maximum atomic E-state index is 14.3. The van der Waals surface area contributed by atoms with Crippen molar-refractivity contribution in [3.8, 4) is 22.8 Å². The summed E-state index contributed by atoms with van der Waals surface area (Å²) in [5.74, 6) is -0.718. The van der Waals surface area contributed by atoms with Crippen LogP contribution in [0.2, 0.25) is 0 Å². The Morgan fingerprint density at radius 3 is 2.33 bits per heavy atom. The number of carbonyl (C=O) groups excluding carboxylic acids is 2. The minimum Gasteiger partial charge on any atom is -0.438 e. The van der Waals surface area contributed by atoms with E-state index in [1.165, 1.54) is 5.56 Å². The molecule has 0 unspecified atom stereocenters. The van der Waals surface area contributed by atoms with Gasteiger partial charge >= 0.3 is 0 Å². The number of carbonyl (C=O) groups is 2. The van der Waals surface area contributed by atoms with Crippen LogP contribution >= 0.6 is 0 Å². The molecule has 2 aromatic carbocycles. The second kappa shape index (κ2) is 15.5. The molecule has 4 aromatic rings. The molecule has 2 amide bonds. The van der Waals surface area contributed by atoms with Gasteiger partial charge in [0.1, 0.15) is 22.8 Å². The molecule has 1 saturated carbocycles. The number of rotatable bonds is 11. The molecule has 48 heavy (non-hydrogen) atoms. The quantitative estimate of drug-likeness (QED) is 0.208. The second-order valence-corrected chi connectivity index (χ2v) is 12.8. The Hall–Kier alpha value is -4.61. The van der Waals surface area contributed by atoms with E-state index >= 15 is 0 Å². The highest BCUT2D eigenvalue weighted by Crippen LogP contribution is 2.30. The van der Waals surface area contributed by atoms with Gasteiger partial charge in [-0.05, 0) is 92.9 Å². The Morgan fingerprint density at radius 1 is 0.938 bits per heavy atom. The van der Waals surface area contributed by atoms with E-state index in [4.69, 9.17) is 4.74 Å². The van der Waals surface area contributed by atoms with Crippen LogP contribution in [0.5, 0.6) is 11.6 Å². The minimum absolute atomic E-state index is 0.00649. The Kier molecular flexibility index (Phi) is 10.8. The maximum Gasteiger partial charge on any atom is 0.272 e. The molecule has 2 aromatic heterocycles. The molecule has 1 aliphatic carbocycles. The molecular weight excluding hydrogens is 609 g/mol. The summed E-state index contributed by atoms with van der Waals surface area (Å²) < 4.78 is 22.1. The first-order chi connectivity index (χ1) is 23.3. The summed E-state index contributed by atoms with van der Waals surface area (Å²) in [6.07, 6.45) is 5.93. The van der Waals surface area contributed by atoms with Gasteiger partial charge in [-0.3, -0.25) is 14.3 Å². The predicted molar refractivity (Wildman–Crippen MR) is 183 cm³/mol. The van der Waals surface area contributed by atoms with Crippen molar-refractivity contribution in [2.75, 3.05) is 32.7 Å². The van der Waals surface area contributed by atoms with E-state index in [1.54, 1.807) is 23.9 Å². The molecule has 2 aliphatic rings. The van der Waals surface area contributed by atoms with Gasteiger partial charge in [-0.25, -0.2) is 9.37 Å². The predicted octanol–water partition coefficient (Wildman–Crippen LogP) is 5.03. The Balaban J connectivity index is 1.05. The number of pyridine rings is 1. The van der Waals surface area contributed by atoms with Crippen LogP contribution in [0.1, 0.15) is 64.2 Å². The summed E-state index contributed by atoms with van der Waals surface area (Å²) in [6, 6.07) is 19.0. The first-order valence-electron chi connectivity index (χ1n) is 16.9. The zero-order chi connectivity index (χ0) is 33.5. The number of ether oxygens (including phenoxy) is 1. The van der Waals surface area contributed by atoms with E-state index in [2.05, 4.69) is 55.2 Å². The Labute approximate surface area is 281 Å². The van der Waals surface area contributed by atoms with Crippen LogP contribution in [0.15, 0.2) is 66.9 Å². The first kappa shape index (κ1) is 33.3. The highest BCUT2D eigenvalue weighted by atomic mass is 19.1. The second-order valence-electron chi connectivity index (χ2n) is 12.8. The zero-order valence-electron chi connectivity index (χ0n) is 27.7. The summed E-state index contributed by atoms with van der Waals surface area (Å²) in [6.45, 7) is 7.33. The van der Waals surface area contributed by atoms with Crippen molar-refractivity contribution in [1.29, 1.82) is 0 Å². The Morgan fingerprint density at radius 2 is 1.62 bits per heavy atom. The summed E-state index contributed by atoms with van der Waals surface area (Å²) in [5.41, 5.74) is 4.68. The number of aryl methyl sites for hydroxylation is 3. The number of halogens is 1. The fraction of sp³-hybridized carbons (Fsp3) is 0.405. The molecule has 0 bridgehead atoms. The molecule has 6 rings (SSSR count). The number of nitrogens with one attached hydrogen (secondary N) is 3.